The second-order valence-electron chi connectivity index (χ2n) is 5.15. The van der Waals surface area contributed by atoms with Crippen LogP contribution in [0.4, 0.5) is 0 Å². The number of likely N-dealkylation sites (tertiary alicyclic amines) is 1. The Morgan fingerprint density at radius 2 is 2.10 bits per heavy atom. The molecule has 2 heterocycles. The van der Waals surface area contributed by atoms with Crippen molar-refractivity contribution in [3.63, 3.8) is 0 Å². The lowest BCUT2D eigenvalue weighted by molar-refractivity contribution is 0.185. The van der Waals surface area contributed by atoms with Gasteiger partial charge in [-0.15, -0.1) is 10.2 Å². The SMILES string of the molecule is N[C@@H]1CCCN(Cc2nnc(-c3ccc(Cl)cc3)o2)C1. The molecule has 1 aromatic heterocycles. The fourth-order valence-electron chi connectivity index (χ4n) is 2.45. The van der Waals surface area contributed by atoms with Gasteiger partial charge in [0, 0.05) is 23.2 Å². The first-order valence-corrected chi connectivity index (χ1v) is 7.15. The standard InChI is InChI=1S/C14H17ClN4O/c15-11-5-3-10(4-6-11)14-18-17-13(20-14)9-19-7-1-2-12(16)8-19/h3-6,12H,1-2,7-9,16H2/t12-/m1/s1. The third kappa shape index (κ3) is 3.17. The number of benzene rings is 1. The summed E-state index contributed by atoms with van der Waals surface area (Å²) in [6.07, 6.45) is 2.22. The summed E-state index contributed by atoms with van der Waals surface area (Å²) < 4.78 is 5.70. The number of nitrogens with two attached hydrogens (primary N) is 1. The van der Waals surface area contributed by atoms with Gasteiger partial charge in [-0.25, -0.2) is 0 Å². The Balaban J connectivity index is 1.69. The zero-order valence-electron chi connectivity index (χ0n) is 11.1. The summed E-state index contributed by atoms with van der Waals surface area (Å²) in [7, 11) is 0. The Morgan fingerprint density at radius 1 is 1.30 bits per heavy atom. The molecule has 1 aliphatic rings. The third-order valence-corrected chi connectivity index (χ3v) is 3.71. The van der Waals surface area contributed by atoms with Crippen molar-refractivity contribution in [1.82, 2.24) is 15.1 Å². The van der Waals surface area contributed by atoms with Crippen molar-refractivity contribution >= 4 is 11.6 Å². The van der Waals surface area contributed by atoms with Crippen molar-refractivity contribution < 1.29 is 4.42 Å². The second-order valence-corrected chi connectivity index (χ2v) is 5.58. The van der Waals surface area contributed by atoms with Gasteiger partial charge in [-0.3, -0.25) is 4.90 Å². The topological polar surface area (TPSA) is 68.2 Å². The number of rotatable bonds is 3. The molecule has 106 valence electrons. The highest BCUT2D eigenvalue weighted by molar-refractivity contribution is 6.30. The Labute approximate surface area is 122 Å². The fourth-order valence-corrected chi connectivity index (χ4v) is 2.58. The molecule has 1 atom stereocenters. The van der Waals surface area contributed by atoms with Gasteiger partial charge in [-0.2, -0.15) is 0 Å². The van der Waals surface area contributed by atoms with Crippen LogP contribution >= 0.6 is 11.6 Å². The van der Waals surface area contributed by atoms with E-state index in [0.717, 1.165) is 31.5 Å². The van der Waals surface area contributed by atoms with E-state index < -0.39 is 0 Å². The Hall–Kier alpha value is -1.43. The van der Waals surface area contributed by atoms with Gasteiger partial charge >= 0.3 is 0 Å². The maximum absolute atomic E-state index is 5.97. The number of hydrogen-bond donors (Lipinski definition) is 1. The molecule has 0 bridgehead atoms. The Morgan fingerprint density at radius 3 is 2.85 bits per heavy atom. The van der Waals surface area contributed by atoms with E-state index in [4.69, 9.17) is 21.8 Å². The van der Waals surface area contributed by atoms with Crippen molar-refractivity contribution in [3.8, 4) is 11.5 Å². The van der Waals surface area contributed by atoms with Crippen LogP contribution in [-0.2, 0) is 6.54 Å². The van der Waals surface area contributed by atoms with Gasteiger partial charge in [0.15, 0.2) is 0 Å². The van der Waals surface area contributed by atoms with E-state index in [1.165, 1.54) is 0 Å². The van der Waals surface area contributed by atoms with Gasteiger partial charge in [-0.1, -0.05) is 11.6 Å². The monoisotopic (exact) mass is 292 g/mol. The molecule has 0 unspecified atom stereocenters. The first-order valence-electron chi connectivity index (χ1n) is 6.77. The molecule has 0 spiro atoms. The van der Waals surface area contributed by atoms with Gasteiger partial charge in [0.2, 0.25) is 11.8 Å². The van der Waals surface area contributed by atoms with E-state index in [9.17, 15) is 0 Å². The highest BCUT2D eigenvalue weighted by atomic mass is 35.5. The molecule has 1 aromatic carbocycles. The zero-order valence-corrected chi connectivity index (χ0v) is 11.9. The van der Waals surface area contributed by atoms with Gasteiger partial charge in [0.05, 0.1) is 6.54 Å². The summed E-state index contributed by atoms with van der Waals surface area (Å²) in [6.45, 7) is 2.58. The summed E-state index contributed by atoms with van der Waals surface area (Å²) in [5, 5.41) is 8.88. The van der Waals surface area contributed by atoms with Gasteiger partial charge < -0.3 is 10.2 Å². The maximum Gasteiger partial charge on any atom is 0.247 e. The van der Waals surface area contributed by atoms with E-state index in [2.05, 4.69) is 15.1 Å². The largest absolute Gasteiger partial charge is 0.419 e. The van der Waals surface area contributed by atoms with Gasteiger partial charge in [-0.05, 0) is 43.7 Å². The molecule has 6 heteroatoms. The average molecular weight is 293 g/mol. The number of hydrogen-bond acceptors (Lipinski definition) is 5. The third-order valence-electron chi connectivity index (χ3n) is 3.46. The summed E-state index contributed by atoms with van der Waals surface area (Å²) in [6, 6.07) is 7.62. The molecule has 0 amide bonds. The van der Waals surface area contributed by atoms with Crippen molar-refractivity contribution in [2.75, 3.05) is 13.1 Å². The molecule has 5 nitrogen and oxygen atoms in total. The number of piperidine rings is 1. The number of nitrogens with zero attached hydrogens (tertiary/aromatic N) is 3. The maximum atomic E-state index is 5.97. The number of aromatic nitrogens is 2. The molecule has 20 heavy (non-hydrogen) atoms. The lowest BCUT2D eigenvalue weighted by Crippen LogP contribution is -2.42. The lowest BCUT2D eigenvalue weighted by atomic mass is 10.1. The molecule has 1 aliphatic heterocycles. The lowest BCUT2D eigenvalue weighted by Gasteiger charge is -2.29. The minimum absolute atomic E-state index is 0.252. The molecule has 1 fully saturated rings. The molecular weight excluding hydrogens is 276 g/mol. The predicted molar refractivity (Wildman–Crippen MR) is 77.2 cm³/mol. The molecule has 2 aromatic rings. The Kier molecular flexibility index (Phi) is 4.00. The van der Waals surface area contributed by atoms with E-state index >= 15 is 0 Å². The molecule has 3 rings (SSSR count). The molecule has 0 aliphatic carbocycles. The molecule has 0 saturated carbocycles. The van der Waals surface area contributed by atoms with Crippen LogP contribution in [0.3, 0.4) is 0 Å². The van der Waals surface area contributed by atoms with Crippen LogP contribution in [0.2, 0.25) is 5.02 Å². The van der Waals surface area contributed by atoms with Crippen LogP contribution in [0.5, 0.6) is 0 Å². The van der Waals surface area contributed by atoms with Crippen molar-refractivity contribution in [2.45, 2.75) is 25.4 Å². The first kappa shape index (κ1) is 13.5. The smallest absolute Gasteiger partial charge is 0.247 e. The van der Waals surface area contributed by atoms with Crippen LogP contribution in [0.15, 0.2) is 28.7 Å². The van der Waals surface area contributed by atoms with Crippen molar-refractivity contribution in [1.29, 1.82) is 0 Å². The zero-order chi connectivity index (χ0) is 13.9. The minimum Gasteiger partial charge on any atom is -0.419 e. The van der Waals surface area contributed by atoms with E-state index in [0.29, 0.717) is 23.3 Å². The second kappa shape index (κ2) is 5.91. The van der Waals surface area contributed by atoms with Crippen LogP contribution in [0.25, 0.3) is 11.5 Å². The van der Waals surface area contributed by atoms with E-state index in [-0.39, 0.29) is 6.04 Å². The van der Waals surface area contributed by atoms with Crippen molar-refractivity contribution in [3.05, 3.63) is 35.2 Å². The predicted octanol–water partition coefficient (Wildman–Crippen LogP) is 2.31. The highest BCUT2D eigenvalue weighted by Gasteiger charge is 2.19. The quantitative estimate of drug-likeness (QED) is 0.940. The number of halogens is 1. The van der Waals surface area contributed by atoms with Crippen molar-refractivity contribution in [2.24, 2.45) is 5.73 Å². The minimum atomic E-state index is 0.252. The normalized spacial score (nSPS) is 20.2. The summed E-state index contributed by atoms with van der Waals surface area (Å²) >= 11 is 5.86. The molecule has 0 radical (unpaired) electrons. The van der Waals surface area contributed by atoms with Gasteiger partial charge in [0.25, 0.3) is 0 Å². The highest BCUT2D eigenvalue weighted by Crippen LogP contribution is 2.21. The summed E-state index contributed by atoms with van der Waals surface area (Å²) in [5.41, 5.74) is 6.85. The van der Waals surface area contributed by atoms with Crippen LogP contribution in [-0.4, -0.2) is 34.2 Å². The first-order chi connectivity index (χ1) is 9.70. The fraction of sp³-hybridized carbons (Fsp3) is 0.429. The Bertz CT molecular complexity index is 569. The molecule has 2 N–H and O–H groups in total. The van der Waals surface area contributed by atoms with E-state index in [1.54, 1.807) is 0 Å². The summed E-state index contributed by atoms with van der Waals surface area (Å²) in [5.74, 6) is 1.15. The van der Waals surface area contributed by atoms with Crippen LogP contribution in [0, 0.1) is 0 Å². The molecular formula is C14H17ClN4O. The molecule has 1 saturated heterocycles. The van der Waals surface area contributed by atoms with Crippen LogP contribution < -0.4 is 5.73 Å². The average Bonchev–Trinajstić information content (AvgIpc) is 2.88. The van der Waals surface area contributed by atoms with Crippen LogP contribution in [0.1, 0.15) is 18.7 Å². The van der Waals surface area contributed by atoms with E-state index in [1.807, 2.05) is 24.3 Å². The summed E-state index contributed by atoms with van der Waals surface area (Å²) in [4.78, 5) is 2.26. The van der Waals surface area contributed by atoms with Gasteiger partial charge in [0.1, 0.15) is 0 Å².